The molecule has 0 amide bonds. The summed E-state index contributed by atoms with van der Waals surface area (Å²) in [5, 5.41) is 9.45. The highest BCUT2D eigenvalue weighted by Crippen LogP contribution is 2.18. The molecule has 0 saturated heterocycles. The lowest BCUT2D eigenvalue weighted by molar-refractivity contribution is -0.167. The zero-order chi connectivity index (χ0) is 15.3. The molecule has 0 aromatic heterocycles. The van der Waals surface area contributed by atoms with Gasteiger partial charge in [-0.05, 0) is 20.3 Å². The van der Waals surface area contributed by atoms with Gasteiger partial charge in [-0.1, -0.05) is 27.7 Å². The van der Waals surface area contributed by atoms with Gasteiger partial charge in [0.05, 0.1) is 19.1 Å². The van der Waals surface area contributed by atoms with Crippen LogP contribution in [-0.4, -0.2) is 35.9 Å². The molecule has 0 aromatic rings. The van der Waals surface area contributed by atoms with Gasteiger partial charge < -0.3 is 14.6 Å². The van der Waals surface area contributed by atoms with E-state index < -0.39 is 17.0 Å². The summed E-state index contributed by atoms with van der Waals surface area (Å²) in [6.07, 6.45) is 0.729. The van der Waals surface area contributed by atoms with Gasteiger partial charge in [-0.2, -0.15) is 0 Å². The Morgan fingerprint density at radius 1 is 1.11 bits per heavy atom. The van der Waals surface area contributed by atoms with Crippen LogP contribution in [0.2, 0.25) is 0 Å². The molecule has 0 rings (SSSR count). The van der Waals surface area contributed by atoms with E-state index in [9.17, 15) is 14.7 Å². The molecule has 0 aliphatic carbocycles. The van der Waals surface area contributed by atoms with Crippen molar-refractivity contribution in [1.82, 2.24) is 0 Å². The van der Waals surface area contributed by atoms with E-state index in [1.54, 1.807) is 0 Å². The SMILES string of the molecule is CCC(C)C(=O)OCC(C)(C)COC(=O)C(C)(C)O. The number of aliphatic hydroxyl groups is 1. The molecule has 0 aliphatic heterocycles. The minimum atomic E-state index is -1.51. The molecule has 0 heterocycles. The van der Waals surface area contributed by atoms with Crippen molar-refractivity contribution in [1.29, 1.82) is 0 Å². The molecule has 112 valence electrons. The van der Waals surface area contributed by atoms with E-state index in [1.807, 2.05) is 27.7 Å². The van der Waals surface area contributed by atoms with Crippen LogP contribution in [0, 0.1) is 11.3 Å². The van der Waals surface area contributed by atoms with Gasteiger partial charge in [0, 0.05) is 5.41 Å². The van der Waals surface area contributed by atoms with Crippen LogP contribution in [0.1, 0.15) is 48.0 Å². The largest absolute Gasteiger partial charge is 0.465 e. The first-order valence-electron chi connectivity index (χ1n) is 6.56. The first-order valence-corrected chi connectivity index (χ1v) is 6.56. The van der Waals surface area contributed by atoms with E-state index >= 15 is 0 Å². The van der Waals surface area contributed by atoms with Crippen molar-refractivity contribution < 1.29 is 24.2 Å². The van der Waals surface area contributed by atoms with Crippen molar-refractivity contribution in [2.75, 3.05) is 13.2 Å². The summed E-state index contributed by atoms with van der Waals surface area (Å²) in [4.78, 5) is 23.0. The molecule has 5 heteroatoms. The summed E-state index contributed by atoms with van der Waals surface area (Å²) in [7, 11) is 0. The summed E-state index contributed by atoms with van der Waals surface area (Å²) in [6.45, 7) is 10.4. The molecule has 5 nitrogen and oxygen atoms in total. The zero-order valence-corrected chi connectivity index (χ0v) is 12.8. The Morgan fingerprint density at radius 2 is 1.58 bits per heavy atom. The number of carbonyl (C=O) groups excluding carboxylic acids is 2. The second kappa shape index (κ2) is 6.89. The molecule has 1 unspecified atom stereocenters. The van der Waals surface area contributed by atoms with Crippen molar-refractivity contribution in [3.05, 3.63) is 0 Å². The molecular weight excluding hydrogens is 248 g/mol. The molecule has 19 heavy (non-hydrogen) atoms. The van der Waals surface area contributed by atoms with Gasteiger partial charge in [0.1, 0.15) is 0 Å². The molecule has 0 fully saturated rings. The molecule has 0 aliphatic rings. The van der Waals surface area contributed by atoms with Crippen molar-refractivity contribution in [3.8, 4) is 0 Å². The summed E-state index contributed by atoms with van der Waals surface area (Å²) < 4.78 is 10.2. The fourth-order valence-electron chi connectivity index (χ4n) is 1.05. The van der Waals surface area contributed by atoms with Crippen LogP contribution in [0.5, 0.6) is 0 Å². The van der Waals surface area contributed by atoms with Crippen LogP contribution in [0.3, 0.4) is 0 Å². The highest BCUT2D eigenvalue weighted by molar-refractivity contribution is 5.78. The Balaban J connectivity index is 4.20. The summed E-state index contributed by atoms with van der Waals surface area (Å²) >= 11 is 0. The fourth-order valence-corrected chi connectivity index (χ4v) is 1.05. The van der Waals surface area contributed by atoms with Gasteiger partial charge in [0.2, 0.25) is 0 Å². The number of carbonyl (C=O) groups is 2. The van der Waals surface area contributed by atoms with Gasteiger partial charge >= 0.3 is 11.9 Å². The highest BCUT2D eigenvalue weighted by Gasteiger charge is 2.29. The standard InChI is InChI=1S/C14H26O5/c1-7-10(2)11(15)18-8-13(3,4)9-19-12(16)14(5,6)17/h10,17H,7-9H2,1-6H3. The van der Waals surface area contributed by atoms with Gasteiger partial charge in [-0.3, -0.25) is 4.79 Å². The molecule has 0 radical (unpaired) electrons. The van der Waals surface area contributed by atoms with Crippen LogP contribution in [-0.2, 0) is 19.1 Å². The van der Waals surface area contributed by atoms with Crippen LogP contribution >= 0.6 is 0 Å². The molecule has 0 bridgehead atoms. The first kappa shape index (κ1) is 17.9. The summed E-state index contributed by atoms with van der Waals surface area (Å²) in [5.41, 5.74) is -1.99. The number of ether oxygens (including phenoxy) is 2. The van der Waals surface area contributed by atoms with E-state index in [0.29, 0.717) is 0 Å². The summed E-state index contributed by atoms with van der Waals surface area (Å²) in [6, 6.07) is 0. The first-order chi connectivity index (χ1) is 8.49. The third-order valence-corrected chi connectivity index (χ3v) is 2.71. The molecule has 0 aromatic carbocycles. The van der Waals surface area contributed by atoms with Gasteiger partial charge in [-0.25, -0.2) is 4.79 Å². The normalized spacial score (nSPS) is 13.8. The van der Waals surface area contributed by atoms with Crippen LogP contribution in [0.4, 0.5) is 0 Å². The van der Waals surface area contributed by atoms with Crippen LogP contribution in [0.25, 0.3) is 0 Å². The minimum Gasteiger partial charge on any atom is -0.465 e. The number of hydrogen-bond donors (Lipinski definition) is 1. The van der Waals surface area contributed by atoms with Crippen LogP contribution in [0.15, 0.2) is 0 Å². The van der Waals surface area contributed by atoms with Gasteiger partial charge in [-0.15, -0.1) is 0 Å². The predicted molar refractivity (Wildman–Crippen MR) is 71.5 cm³/mol. The van der Waals surface area contributed by atoms with E-state index in [0.717, 1.165) is 6.42 Å². The van der Waals surface area contributed by atoms with Gasteiger partial charge in [0.15, 0.2) is 5.60 Å². The monoisotopic (exact) mass is 274 g/mol. The molecule has 0 saturated carbocycles. The van der Waals surface area contributed by atoms with Gasteiger partial charge in [0.25, 0.3) is 0 Å². The van der Waals surface area contributed by atoms with Crippen molar-refractivity contribution in [2.45, 2.75) is 53.6 Å². The molecule has 0 spiro atoms. The maximum atomic E-state index is 11.5. The van der Waals surface area contributed by atoms with Crippen molar-refractivity contribution in [3.63, 3.8) is 0 Å². The Hall–Kier alpha value is -1.10. The third-order valence-electron chi connectivity index (χ3n) is 2.71. The lowest BCUT2D eigenvalue weighted by Gasteiger charge is -2.26. The smallest absolute Gasteiger partial charge is 0.337 e. The zero-order valence-electron chi connectivity index (χ0n) is 12.8. The Labute approximate surface area is 115 Å². The van der Waals surface area contributed by atoms with Crippen molar-refractivity contribution >= 4 is 11.9 Å². The fraction of sp³-hybridized carbons (Fsp3) is 0.857. The van der Waals surface area contributed by atoms with Crippen molar-refractivity contribution in [2.24, 2.45) is 11.3 Å². The summed E-state index contributed by atoms with van der Waals surface area (Å²) in [5.74, 6) is -1.06. The molecule has 1 atom stereocenters. The van der Waals surface area contributed by atoms with E-state index in [2.05, 4.69) is 0 Å². The van der Waals surface area contributed by atoms with E-state index in [-0.39, 0.29) is 25.1 Å². The number of esters is 2. The Morgan fingerprint density at radius 3 is 2.00 bits per heavy atom. The van der Waals surface area contributed by atoms with E-state index in [1.165, 1.54) is 13.8 Å². The number of hydrogen-bond acceptors (Lipinski definition) is 5. The topological polar surface area (TPSA) is 72.8 Å². The Kier molecular flexibility index (Phi) is 6.49. The van der Waals surface area contributed by atoms with Crippen LogP contribution < -0.4 is 0 Å². The lowest BCUT2D eigenvalue weighted by atomic mass is 9.96. The third kappa shape index (κ3) is 7.15. The Bertz CT molecular complexity index is 314. The van der Waals surface area contributed by atoms with E-state index in [4.69, 9.17) is 9.47 Å². The quantitative estimate of drug-likeness (QED) is 0.718. The lowest BCUT2D eigenvalue weighted by Crippen LogP contribution is -2.37. The average molecular weight is 274 g/mol. The minimum absolute atomic E-state index is 0.0869. The maximum absolute atomic E-state index is 11.5. The highest BCUT2D eigenvalue weighted by atomic mass is 16.6. The molecule has 1 N–H and O–H groups in total. The second-order valence-electron chi connectivity index (χ2n) is 6.22. The number of rotatable bonds is 7. The molecular formula is C14H26O5. The maximum Gasteiger partial charge on any atom is 0.337 e. The second-order valence-corrected chi connectivity index (χ2v) is 6.22. The predicted octanol–water partition coefficient (Wildman–Crippen LogP) is 1.92. The average Bonchev–Trinajstić information content (AvgIpc) is 2.30.